The van der Waals surface area contributed by atoms with Gasteiger partial charge in [-0.3, -0.25) is 4.79 Å². The van der Waals surface area contributed by atoms with Gasteiger partial charge in [-0.2, -0.15) is 4.31 Å². The number of sulfonamides is 1. The number of ether oxygens (including phenoxy) is 2. The Kier molecular flexibility index (Phi) is 8.28. The number of methoxy groups -OCH3 is 1. The number of carbonyl (C=O) groups excluding carboxylic acids is 1. The number of nitrogens with zero attached hydrogens (tertiary/aromatic N) is 1. The lowest BCUT2D eigenvalue weighted by Crippen LogP contribution is -2.40. The molecule has 3 rings (SSSR count). The van der Waals surface area contributed by atoms with E-state index in [-0.39, 0.29) is 47.2 Å². The van der Waals surface area contributed by atoms with E-state index in [1.54, 1.807) is 6.07 Å². The van der Waals surface area contributed by atoms with Gasteiger partial charge in [0.1, 0.15) is 10.6 Å². The van der Waals surface area contributed by atoms with Crippen molar-refractivity contribution >= 4 is 15.9 Å². The normalized spacial score (nSPS) is 16.0. The summed E-state index contributed by atoms with van der Waals surface area (Å²) in [7, 11) is -2.40. The summed E-state index contributed by atoms with van der Waals surface area (Å²) in [5.41, 5.74) is 1.31. The molecule has 1 atom stereocenters. The van der Waals surface area contributed by atoms with Crippen molar-refractivity contribution in [2.45, 2.75) is 37.6 Å². The maximum absolute atomic E-state index is 13.2. The van der Waals surface area contributed by atoms with Crippen molar-refractivity contribution in [3.05, 3.63) is 59.7 Å². The molecule has 1 heterocycles. The van der Waals surface area contributed by atoms with E-state index in [0.29, 0.717) is 13.2 Å². The highest BCUT2D eigenvalue weighted by molar-refractivity contribution is 7.89. The lowest BCUT2D eigenvalue weighted by atomic mass is 9.88. The number of amides is 1. The number of nitrogens with one attached hydrogen (secondary N) is 1. The minimum atomic E-state index is -3.82. The van der Waals surface area contributed by atoms with E-state index in [4.69, 9.17) is 9.47 Å². The van der Waals surface area contributed by atoms with Crippen molar-refractivity contribution in [3.63, 3.8) is 0 Å². The molecule has 32 heavy (non-hydrogen) atoms. The number of hydrogen-bond acceptors (Lipinski definition) is 5. The maximum Gasteiger partial charge on any atom is 0.251 e. The SMILES string of the molecule is CCC(CC)C(NC(=O)c1ccc(OC)c(S(=O)(=O)N2CCOCC2)c1)c1ccccc1. The van der Waals surface area contributed by atoms with Crippen LogP contribution < -0.4 is 10.1 Å². The third-order valence-electron chi connectivity index (χ3n) is 5.98. The molecule has 1 amide bonds. The molecular weight excluding hydrogens is 428 g/mol. The third-order valence-corrected chi connectivity index (χ3v) is 7.90. The van der Waals surface area contributed by atoms with Crippen LogP contribution in [0.5, 0.6) is 5.75 Å². The third kappa shape index (κ3) is 5.31. The Morgan fingerprint density at radius 3 is 2.34 bits per heavy atom. The van der Waals surface area contributed by atoms with Gasteiger partial charge in [0, 0.05) is 18.7 Å². The van der Waals surface area contributed by atoms with Gasteiger partial charge in [-0.25, -0.2) is 8.42 Å². The van der Waals surface area contributed by atoms with E-state index >= 15 is 0 Å². The van der Waals surface area contributed by atoms with Crippen LogP contribution in [0.2, 0.25) is 0 Å². The van der Waals surface area contributed by atoms with E-state index in [1.165, 1.54) is 23.5 Å². The Morgan fingerprint density at radius 2 is 1.75 bits per heavy atom. The Bertz CT molecular complexity index is 1000. The Hall–Kier alpha value is -2.42. The van der Waals surface area contributed by atoms with E-state index in [2.05, 4.69) is 19.2 Å². The standard InChI is InChI=1S/C24H32N2O5S/c1-4-18(5-2)23(19-9-7-6-8-10-19)25-24(27)20-11-12-21(30-3)22(17-20)32(28,29)26-13-15-31-16-14-26/h6-12,17-18,23H,4-5,13-16H2,1-3H3,(H,25,27). The van der Waals surface area contributed by atoms with Crippen LogP contribution in [0.15, 0.2) is 53.4 Å². The van der Waals surface area contributed by atoms with E-state index in [0.717, 1.165) is 18.4 Å². The molecule has 8 heteroatoms. The number of carbonyl (C=O) groups is 1. The first kappa shape index (κ1) is 24.2. The molecular formula is C24H32N2O5S. The van der Waals surface area contributed by atoms with Crippen LogP contribution in [0.3, 0.4) is 0 Å². The second kappa shape index (κ2) is 10.9. The highest BCUT2D eigenvalue weighted by atomic mass is 32.2. The first-order valence-corrected chi connectivity index (χ1v) is 12.5. The van der Waals surface area contributed by atoms with Gasteiger partial charge < -0.3 is 14.8 Å². The molecule has 1 aliphatic rings. The quantitative estimate of drug-likeness (QED) is 0.618. The van der Waals surface area contributed by atoms with Crippen molar-refractivity contribution < 1.29 is 22.7 Å². The van der Waals surface area contributed by atoms with Crippen molar-refractivity contribution in [1.29, 1.82) is 0 Å². The summed E-state index contributed by atoms with van der Waals surface area (Å²) in [6, 6.07) is 14.2. The van der Waals surface area contributed by atoms with Crippen molar-refractivity contribution in [2.75, 3.05) is 33.4 Å². The summed E-state index contributed by atoms with van der Waals surface area (Å²) >= 11 is 0. The largest absolute Gasteiger partial charge is 0.495 e. The van der Waals surface area contributed by atoms with E-state index in [1.807, 2.05) is 30.3 Å². The minimum Gasteiger partial charge on any atom is -0.495 e. The lowest BCUT2D eigenvalue weighted by molar-refractivity contribution is 0.0729. The molecule has 2 aromatic carbocycles. The smallest absolute Gasteiger partial charge is 0.251 e. The highest BCUT2D eigenvalue weighted by Gasteiger charge is 2.31. The summed E-state index contributed by atoms with van der Waals surface area (Å²) in [5.74, 6) is 0.163. The number of benzene rings is 2. The van der Waals surface area contributed by atoms with Crippen LogP contribution in [0, 0.1) is 5.92 Å². The fraction of sp³-hybridized carbons (Fsp3) is 0.458. The average molecular weight is 461 g/mol. The minimum absolute atomic E-state index is 0.00616. The van der Waals surface area contributed by atoms with Crippen molar-refractivity contribution in [3.8, 4) is 5.75 Å². The Labute approximate surface area is 190 Å². The van der Waals surface area contributed by atoms with Crippen LogP contribution in [0.1, 0.15) is 48.7 Å². The molecule has 174 valence electrons. The second-order valence-electron chi connectivity index (χ2n) is 7.82. The monoisotopic (exact) mass is 460 g/mol. The van der Waals surface area contributed by atoms with E-state index in [9.17, 15) is 13.2 Å². The first-order valence-electron chi connectivity index (χ1n) is 11.0. The van der Waals surface area contributed by atoms with Gasteiger partial charge in [-0.1, -0.05) is 57.0 Å². The molecule has 0 aromatic heterocycles. The molecule has 0 bridgehead atoms. The summed E-state index contributed by atoms with van der Waals surface area (Å²) in [6.07, 6.45) is 1.82. The molecule has 1 saturated heterocycles. The van der Waals surface area contributed by atoms with Gasteiger partial charge in [0.2, 0.25) is 10.0 Å². The van der Waals surface area contributed by atoms with Gasteiger partial charge in [0.25, 0.3) is 5.91 Å². The van der Waals surface area contributed by atoms with Gasteiger partial charge in [0.15, 0.2) is 0 Å². The summed E-state index contributed by atoms with van der Waals surface area (Å²) in [4.78, 5) is 13.2. The van der Waals surface area contributed by atoms with Crippen LogP contribution in [0.4, 0.5) is 0 Å². The molecule has 1 aliphatic heterocycles. The molecule has 0 aliphatic carbocycles. The summed E-state index contributed by atoms with van der Waals surface area (Å²) in [6.45, 7) is 5.44. The summed E-state index contributed by atoms with van der Waals surface area (Å²) in [5, 5.41) is 3.14. The number of morpholine rings is 1. The molecule has 1 fully saturated rings. The molecule has 1 unspecified atom stereocenters. The van der Waals surface area contributed by atoms with Gasteiger partial charge in [0.05, 0.1) is 26.4 Å². The predicted molar refractivity (Wildman–Crippen MR) is 123 cm³/mol. The van der Waals surface area contributed by atoms with Gasteiger partial charge in [-0.15, -0.1) is 0 Å². The lowest BCUT2D eigenvalue weighted by Gasteiger charge is -2.28. The van der Waals surface area contributed by atoms with Crippen LogP contribution in [-0.4, -0.2) is 52.0 Å². The fourth-order valence-electron chi connectivity index (χ4n) is 4.06. The van der Waals surface area contributed by atoms with Gasteiger partial charge in [-0.05, 0) is 29.7 Å². The predicted octanol–water partition coefficient (Wildman–Crippen LogP) is 3.62. The maximum atomic E-state index is 13.2. The van der Waals surface area contributed by atoms with Crippen LogP contribution in [0.25, 0.3) is 0 Å². The first-order chi connectivity index (χ1) is 15.4. The molecule has 0 spiro atoms. The van der Waals surface area contributed by atoms with Crippen molar-refractivity contribution in [2.24, 2.45) is 5.92 Å². The highest BCUT2D eigenvalue weighted by Crippen LogP contribution is 2.30. The Balaban J connectivity index is 1.93. The zero-order valence-corrected chi connectivity index (χ0v) is 19.7. The molecule has 0 radical (unpaired) electrons. The van der Waals surface area contributed by atoms with E-state index < -0.39 is 10.0 Å². The zero-order valence-electron chi connectivity index (χ0n) is 18.9. The fourth-order valence-corrected chi connectivity index (χ4v) is 5.65. The molecule has 2 aromatic rings. The zero-order chi connectivity index (χ0) is 23.1. The summed E-state index contributed by atoms with van der Waals surface area (Å²) < 4.78 is 38.4. The van der Waals surface area contributed by atoms with Crippen LogP contribution >= 0.6 is 0 Å². The van der Waals surface area contributed by atoms with Crippen molar-refractivity contribution in [1.82, 2.24) is 9.62 Å². The topological polar surface area (TPSA) is 84.9 Å². The van der Waals surface area contributed by atoms with Gasteiger partial charge >= 0.3 is 0 Å². The Morgan fingerprint density at radius 1 is 1.09 bits per heavy atom. The average Bonchev–Trinajstić information content (AvgIpc) is 2.84. The number of rotatable bonds is 9. The second-order valence-corrected chi connectivity index (χ2v) is 9.73. The van der Waals surface area contributed by atoms with Crippen LogP contribution in [-0.2, 0) is 14.8 Å². The molecule has 1 N–H and O–H groups in total. The molecule has 0 saturated carbocycles. The molecule has 7 nitrogen and oxygen atoms in total. The number of hydrogen-bond donors (Lipinski definition) is 1.